The van der Waals surface area contributed by atoms with E-state index in [1.165, 1.54) is 4.68 Å². The van der Waals surface area contributed by atoms with E-state index >= 15 is 0 Å². The van der Waals surface area contributed by atoms with Crippen molar-refractivity contribution >= 4 is 11.6 Å². The van der Waals surface area contributed by atoms with Gasteiger partial charge < -0.3 is 5.32 Å². The number of aromatic nitrogens is 2. The molecule has 0 bridgehead atoms. The molecule has 134 valence electrons. The van der Waals surface area contributed by atoms with E-state index in [0.717, 1.165) is 32.1 Å². The molecule has 0 saturated heterocycles. The quantitative estimate of drug-likeness (QED) is 0.659. The number of nitrogens with zero attached hydrogens (tertiary/aromatic N) is 3. The zero-order chi connectivity index (χ0) is 18.1. The van der Waals surface area contributed by atoms with Crippen LogP contribution in [-0.4, -0.2) is 26.7 Å². The van der Waals surface area contributed by atoms with Gasteiger partial charge in [0.15, 0.2) is 0 Å². The van der Waals surface area contributed by atoms with Gasteiger partial charge in [0, 0.05) is 13.1 Å². The Bertz CT molecular complexity index is 628. The number of carbonyl (C=O) groups excluding carboxylic acids is 1. The first-order valence-electron chi connectivity index (χ1n) is 8.66. The Kier molecular flexibility index (Phi) is 5.30. The summed E-state index contributed by atoms with van der Waals surface area (Å²) in [4.78, 5) is 23.2. The number of rotatable bonds is 5. The average Bonchev–Trinajstić information content (AvgIpc) is 2.82. The van der Waals surface area contributed by atoms with Gasteiger partial charge in [-0.15, -0.1) is 0 Å². The summed E-state index contributed by atoms with van der Waals surface area (Å²) in [6.07, 6.45) is 5.15. The number of carbonyl (C=O) groups is 1. The molecule has 1 N–H and O–H groups in total. The van der Waals surface area contributed by atoms with Gasteiger partial charge in [0.1, 0.15) is 5.69 Å². The second-order valence-corrected chi connectivity index (χ2v) is 7.53. The van der Waals surface area contributed by atoms with Crippen molar-refractivity contribution in [3.05, 3.63) is 21.5 Å². The van der Waals surface area contributed by atoms with Gasteiger partial charge in [-0.3, -0.25) is 19.6 Å². The molecule has 1 amide bonds. The second-order valence-electron chi connectivity index (χ2n) is 7.53. The molecule has 1 heterocycles. The third-order valence-corrected chi connectivity index (χ3v) is 5.67. The van der Waals surface area contributed by atoms with E-state index in [9.17, 15) is 14.9 Å². The molecule has 1 saturated carbocycles. The highest BCUT2D eigenvalue weighted by Crippen LogP contribution is 2.40. The predicted octanol–water partition coefficient (Wildman–Crippen LogP) is 3.36. The highest BCUT2D eigenvalue weighted by atomic mass is 16.6. The SMILES string of the molecule is CCC(C)(C)C1CCC(NC(=O)c2c([N+](=O)[O-])c(C)nn2C)CC1. The van der Waals surface area contributed by atoms with Crippen molar-refractivity contribution in [3.8, 4) is 0 Å². The lowest BCUT2D eigenvalue weighted by Crippen LogP contribution is -2.40. The van der Waals surface area contributed by atoms with Crippen LogP contribution in [0.25, 0.3) is 0 Å². The number of nitrogens with one attached hydrogen (secondary N) is 1. The standard InChI is InChI=1S/C17H28N4O3/c1-6-17(3,4)12-7-9-13(10-8-12)18-16(22)15-14(21(23)24)11(2)19-20(15)5/h12-13H,6-10H2,1-5H3,(H,18,22). The summed E-state index contributed by atoms with van der Waals surface area (Å²) in [6, 6.07) is 0.0798. The Morgan fingerprint density at radius 3 is 2.46 bits per heavy atom. The molecule has 0 aliphatic heterocycles. The lowest BCUT2D eigenvalue weighted by Gasteiger charge is -2.39. The fraction of sp³-hybridized carbons (Fsp3) is 0.765. The van der Waals surface area contributed by atoms with E-state index in [2.05, 4.69) is 31.2 Å². The van der Waals surface area contributed by atoms with E-state index in [1.54, 1.807) is 14.0 Å². The highest BCUT2D eigenvalue weighted by molar-refractivity contribution is 5.97. The van der Waals surface area contributed by atoms with Gasteiger partial charge in [-0.05, 0) is 43.9 Å². The van der Waals surface area contributed by atoms with Crippen molar-refractivity contribution in [2.45, 2.75) is 65.8 Å². The Hall–Kier alpha value is -1.92. The Morgan fingerprint density at radius 1 is 1.38 bits per heavy atom. The Morgan fingerprint density at radius 2 is 1.96 bits per heavy atom. The smallest absolute Gasteiger partial charge is 0.322 e. The number of hydrogen-bond donors (Lipinski definition) is 1. The monoisotopic (exact) mass is 336 g/mol. The first-order chi connectivity index (χ1) is 11.2. The Balaban J connectivity index is 2.04. The van der Waals surface area contributed by atoms with Crippen molar-refractivity contribution < 1.29 is 9.72 Å². The zero-order valence-electron chi connectivity index (χ0n) is 15.3. The molecule has 1 aliphatic carbocycles. The summed E-state index contributed by atoms with van der Waals surface area (Å²) in [5.41, 5.74) is 0.428. The van der Waals surface area contributed by atoms with Gasteiger partial charge in [-0.2, -0.15) is 5.10 Å². The third-order valence-electron chi connectivity index (χ3n) is 5.67. The van der Waals surface area contributed by atoms with Crippen molar-refractivity contribution in [3.63, 3.8) is 0 Å². The van der Waals surface area contributed by atoms with E-state index in [-0.39, 0.29) is 23.1 Å². The zero-order valence-corrected chi connectivity index (χ0v) is 15.3. The molecule has 7 nitrogen and oxygen atoms in total. The van der Waals surface area contributed by atoms with E-state index in [0.29, 0.717) is 11.3 Å². The molecular weight excluding hydrogens is 308 g/mol. The van der Waals surface area contributed by atoms with Gasteiger partial charge in [0.2, 0.25) is 5.69 Å². The first-order valence-corrected chi connectivity index (χ1v) is 8.66. The number of nitro groups is 1. The lowest BCUT2D eigenvalue weighted by molar-refractivity contribution is -0.385. The summed E-state index contributed by atoms with van der Waals surface area (Å²) < 4.78 is 1.30. The fourth-order valence-corrected chi connectivity index (χ4v) is 3.68. The van der Waals surface area contributed by atoms with Crippen LogP contribution in [-0.2, 0) is 7.05 Å². The summed E-state index contributed by atoms with van der Waals surface area (Å²) >= 11 is 0. The maximum absolute atomic E-state index is 12.5. The van der Waals surface area contributed by atoms with Gasteiger partial charge in [0.25, 0.3) is 5.91 Å². The summed E-state index contributed by atoms with van der Waals surface area (Å²) in [7, 11) is 1.57. The molecule has 7 heteroatoms. The normalized spacial score (nSPS) is 21.5. The van der Waals surface area contributed by atoms with Crippen LogP contribution >= 0.6 is 0 Å². The minimum absolute atomic E-state index is 0.0357. The highest BCUT2D eigenvalue weighted by Gasteiger charge is 2.34. The molecule has 2 rings (SSSR count). The molecule has 0 atom stereocenters. The molecular formula is C17H28N4O3. The van der Waals surface area contributed by atoms with Crippen LogP contribution in [0.3, 0.4) is 0 Å². The molecule has 0 radical (unpaired) electrons. The first kappa shape index (κ1) is 18.4. The molecule has 1 aliphatic rings. The summed E-state index contributed by atoms with van der Waals surface area (Å²) in [5, 5.41) is 18.2. The van der Waals surface area contributed by atoms with Crippen LogP contribution in [0.4, 0.5) is 5.69 Å². The number of amides is 1. The maximum Gasteiger partial charge on any atom is 0.322 e. The van der Waals surface area contributed by atoms with Crippen LogP contribution in [0.2, 0.25) is 0 Å². The number of hydrogen-bond acceptors (Lipinski definition) is 4. The summed E-state index contributed by atoms with van der Waals surface area (Å²) in [5.74, 6) is 0.270. The molecule has 0 unspecified atom stereocenters. The average molecular weight is 336 g/mol. The molecule has 1 aromatic rings. The maximum atomic E-state index is 12.5. The van der Waals surface area contributed by atoms with E-state index in [4.69, 9.17) is 0 Å². The van der Waals surface area contributed by atoms with Crippen LogP contribution in [0.5, 0.6) is 0 Å². The van der Waals surface area contributed by atoms with Gasteiger partial charge in [0.05, 0.1) is 4.92 Å². The van der Waals surface area contributed by atoms with E-state index in [1.807, 2.05) is 0 Å². The van der Waals surface area contributed by atoms with Crippen LogP contribution < -0.4 is 5.32 Å². The van der Waals surface area contributed by atoms with Crippen molar-refractivity contribution in [1.29, 1.82) is 0 Å². The molecule has 24 heavy (non-hydrogen) atoms. The van der Waals surface area contributed by atoms with Crippen LogP contribution in [0.1, 0.15) is 69.1 Å². The third kappa shape index (κ3) is 3.60. The minimum atomic E-state index is -0.530. The van der Waals surface area contributed by atoms with Crippen molar-refractivity contribution in [2.24, 2.45) is 18.4 Å². The molecule has 0 aromatic carbocycles. The number of aryl methyl sites for hydroxylation is 2. The second kappa shape index (κ2) is 6.91. The van der Waals surface area contributed by atoms with Crippen molar-refractivity contribution in [2.75, 3.05) is 0 Å². The minimum Gasteiger partial charge on any atom is -0.348 e. The van der Waals surface area contributed by atoms with Crippen LogP contribution in [0, 0.1) is 28.4 Å². The molecule has 0 spiro atoms. The fourth-order valence-electron chi connectivity index (χ4n) is 3.68. The van der Waals surface area contributed by atoms with Crippen molar-refractivity contribution in [1.82, 2.24) is 15.1 Å². The largest absolute Gasteiger partial charge is 0.348 e. The van der Waals surface area contributed by atoms with Crippen LogP contribution in [0.15, 0.2) is 0 Å². The van der Waals surface area contributed by atoms with E-state index < -0.39 is 10.8 Å². The van der Waals surface area contributed by atoms with Gasteiger partial charge >= 0.3 is 5.69 Å². The topological polar surface area (TPSA) is 90.1 Å². The predicted molar refractivity (Wildman–Crippen MR) is 91.9 cm³/mol. The molecule has 1 aromatic heterocycles. The Labute approximate surface area is 143 Å². The van der Waals surface area contributed by atoms with Gasteiger partial charge in [-0.1, -0.05) is 27.2 Å². The van der Waals surface area contributed by atoms with Gasteiger partial charge in [-0.25, -0.2) is 0 Å². The molecule has 1 fully saturated rings. The summed E-state index contributed by atoms with van der Waals surface area (Å²) in [6.45, 7) is 8.38. The lowest BCUT2D eigenvalue weighted by atomic mass is 9.69.